The van der Waals surface area contributed by atoms with Crippen molar-refractivity contribution in [2.45, 2.75) is 52.2 Å². The van der Waals surface area contributed by atoms with Crippen molar-refractivity contribution in [3.05, 3.63) is 18.0 Å². The zero-order valence-electron chi connectivity index (χ0n) is 12.8. The average Bonchev–Trinajstić information content (AvgIpc) is 2.71. The van der Waals surface area contributed by atoms with Gasteiger partial charge >= 0.3 is 0 Å². The molecule has 4 nitrogen and oxygen atoms in total. The van der Waals surface area contributed by atoms with Crippen molar-refractivity contribution in [1.82, 2.24) is 20.0 Å². The molecule has 3 atom stereocenters. The highest BCUT2D eigenvalue weighted by Gasteiger charge is 2.25. The molecule has 1 aromatic rings. The van der Waals surface area contributed by atoms with Crippen LogP contribution in [0.2, 0.25) is 0 Å². The molecule has 1 aliphatic rings. The summed E-state index contributed by atoms with van der Waals surface area (Å²) >= 11 is 0. The molecule has 0 bridgehead atoms. The molecule has 0 amide bonds. The SMILES string of the molecule is CCC(C)C1CN(Cc2ccn(C)n2)C(C)CCN1. The third-order valence-corrected chi connectivity index (χ3v) is 4.49. The summed E-state index contributed by atoms with van der Waals surface area (Å²) in [5.74, 6) is 0.733. The molecular formula is C15H28N4. The Balaban J connectivity index is 2.02. The molecule has 2 rings (SSSR count). The minimum absolute atomic E-state index is 0.610. The molecule has 1 aliphatic heterocycles. The maximum absolute atomic E-state index is 4.51. The molecule has 4 heteroatoms. The van der Waals surface area contributed by atoms with Gasteiger partial charge in [0.15, 0.2) is 0 Å². The van der Waals surface area contributed by atoms with Gasteiger partial charge in [0.05, 0.1) is 5.69 Å². The third-order valence-electron chi connectivity index (χ3n) is 4.49. The fourth-order valence-corrected chi connectivity index (χ4v) is 2.80. The van der Waals surface area contributed by atoms with Crippen LogP contribution in [0, 0.1) is 5.92 Å². The number of aromatic nitrogens is 2. The lowest BCUT2D eigenvalue weighted by Gasteiger charge is -2.30. The Morgan fingerprint density at radius 1 is 1.53 bits per heavy atom. The molecule has 0 saturated carbocycles. The van der Waals surface area contributed by atoms with Crippen molar-refractivity contribution in [2.75, 3.05) is 13.1 Å². The molecule has 0 spiro atoms. The van der Waals surface area contributed by atoms with Crippen LogP contribution in [0.5, 0.6) is 0 Å². The van der Waals surface area contributed by atoms with Crippen molar-refractivity contribution in [3.63, 3.8) is 0 Å². The van der Waals surface area contributed by atoms with Gasteiger partial charge in [-0.2, -0.15) is 5.10 Å². The number of rotatable bonds is 4. The van der Waals surface area contributed by atoms with Crippen molar-refractivity contribution >= 4 is 0 Å². The van der Waals surface area contributed by atoms with Crippen LogP contribution in [-0.2, 0) is 13.6 Å². The average molecular weight is 264 g/mol. The fraction of sp³-hybridized carbons (Fsp3) is 0.800. The summed E-state index contributed by atoms with van der Waals surface area (Å²) in [6, 6.07) is 3.37. The smallest absolute Gasteiger partial charge is 0.0764 e. The lowest BCUT2D eigenvalue weighted by Crippen LogP contribution is -2.43. The summed E-state index contributed by atoms with van der Waals surface area (Å²) in [5.41, 5.74) is 1.18. The first-order valence-electron chi connectivity index (χ1n) is 7.56. The summed E-state index contributed by atoms with van der Waals surface area (Å²) < 4.78 is 1.89. The Morgan fingerprint density at radius 2 is 2.32 bits per heavy atom. The highest BCUT2D eigenvalue weighted by molar-refractivity contribution is 4.99. The molecule has 0 aromatic carbocycles. The zero-order chi connectivity index (χ0) is 13.8. The Bertz CT molecular complexity index is 387. The van der Waals surface area contributed by atoms with Gasteiger partial charge < -0.3 is 5.32 Å². The molecule has 3 unspecified atom stereocenters. The summed E-state index contributed by atoms with van der Waals surface area (Å²) in [7, 11) is 1.98. The van der Waals surface area contributed by atoms with Gasteiger partial charge in [-0.1, -0.05) is 20.3 Å². The number of hydrogen-bond donors (Lipinski definition) is 1. The summed E-state index contributed by atoms with van der Waals surface area (Å²) in [6.07, 6.45) is 4.49. The van der Waals surface area contributed by atoms with E-state index in [1.165, 1.54) is 18.5 Å². The normalized spacial score (nSPS) is 27.2. The molecule has 1 saturated heterocycles. The number of nitrogens with zero attached hydrogens (tertiary/aromatic N) is 3. The molecule has 2 heterocycles. The zero-order valence-corrected chi connectivity index (χ0v) is 12.8. The second-order valence-electron chi connectivity index (χ2n) is 5.99. The van der Waals surface area contributed by atoms with Crippen molar-refractivity contribution in [2.24, 2.45) is 13.0 Å². The number of hydrogen-bond acceptors (Lipinski definition) is 3. The monoisotopic (exact) mass is 264 g/mol. The first-order chi connectivity index (χ1) is 9.10. The van der Waals surface area contributed by atoms with Gasteiger partial charge in [0.25, 0.3) is 0 Å². The first-order valence-corrected chi connectivity index (χ1v) is 7.56. The van der Waals surface area contributed by atoms with E-state index in [0.29, 0.717) is 12.1 Å². The van der Waals surface area contributed by atoms with Crippen LogP contribution < -0.4 is 5.32 Å². The standard InChI is InChI=1S/C15H28N4/c1-5-12(2)15-11-19(13(3)6-8-16-15)10-14-7-9-18(4)17-14/h7,9,12-13,15-16H,5-6,8,10-11H2,1-4H3. The number of aryl methyl sites for hydroxylation is 1. The van der Waals surface area contributed by atoms with E-state index in [-0.39, 0.29) is 0 Å². The molecule has 1 aromatic heterocycles. The molecule has 108 valence electrons. The van der Waals surface area contributed by atoms with E-state index in [1.807, 2.05) is 17.9 Å². The topological polar surface area (TPSA) is 33.1 Å². The summed E-state index contributed by atoms with van der Waals surface area (Å²) in [5, 5.41) is 8.23. The predicted octanol–water partition coefficient (Wildman–Crippen LogP) is 2.02. The van der Waals surface area contributed by atoms with Gasteiger partial charge in [-0.25, -0.2) is 0 Å². The van der Waals surface area contributed by atoms with Gasteiger partial charge in [0.2, 0.25) is 0 Å². The van der Waals surface area contributed by atoms with Crippen molar-refractivity contribution < 1.29 is 0 Å². The Hall–Kier alpha value is -0.870. The van der Waals surface area contributed by atoms with Crippen LogP contribution in [0.3, 0.4) is 0 Å². The van der Waals surface area contributed by atoms with Gasteiger partial charge in [-0.05, 0) is 31.9 Å². The maximum Gasteiger partial charge on any atom is 0.0764 e. The maximum atomic E-state index is 4.51. The van der Waals surface area contributed by atoms with Gasteiger partial charge in [-0.3, -0.25) is 9.58 Å². The van der Waals surface area contributed by atoms with E-state index >= 15 is 0 Å². The highest BCUT2D eigenvalue weighted by Crippen LogP contribution is 2.17. The van der Waals surface area contributed by atoms with E-state index in [0.717, 1.165) is 25.6 Å². The molecular weight excluding hydrogens is 236 g/mol. The molecule has 0 aliphatic carbocycles. The lowest BCUT2D eigenvalue weighted by molar-refractivity contribution is 0.178. The molecule has 1 fully saturated rings. The summed E-state index contributed by atoms with van der Waals surface area (Å²) in [6.45, 7) is 10.2. The quantitative estimate of drug-likeness (QED) is 0.903. The molecule has 1 N–H and O–H groups in total. The van der Waals surface area contributed by atoms with Crippen LogP contribution in [-0.4, -0.2) is 39.9 Å². The second kappa shape index (κ2) is 6.53. The van der Waals surface area contributed by atoms with Gasteiger partial charge in [0, 0.05) is 38.4 Å². The van der Waals surface area contributed by atoms with Gasteiger partial charge in [-0.15, -0.1) is 0 Å². The Morgan fingerprint density at radius 3 is 2.95 bits per heavy atom. The van der Waals surface area contributed by atoms with Gasteiger partial charge in [0.1, 0.15) is 0 Å². The largest absolute Gasteiger partial charge is 0.312 e. The van der Waals surface area contributed by atoms with Crippen molar-refractivity contribution in [3.8, 4) is 0 Å². The third kappa shape index (κ3) is 3.80. The van der Waals surface area contributed by atoms with Crippen LogP contribution >= 0.6 is 0 Å². The van der Waals surface area contributed by atoms with E-state index in [2.05, 4.69) is 42.2 Å². The van der Waals surface area contributed by atoms with Crippen molar-refractivity contribution in [1.29, 1.82) is 0 Å². The van der Waals surface area contributed by atoms with Crippen LogP contribution in [0.25, 0.3) is 0 Å². The first kappa shape index (κ1) is 14.5. The molecule has 19 heavy (non-hydrogen) atoms. The fourth-order valence-electron chi connectivity index (χ4n) is 2.80. The minimum atomic E-state index is 0.610. The highest BCUT2D eigenvalue weighted by atomic mass is 15.3. The van der Waals surface area contributed by atoms with E-state index in [1.54, 1.807) is 0 Å². The number of nitrogens with one attached hydrogen (secondary N) is 1. The van der Waals surface area contributed by atoms with Crippen LogP contribution in [0.1, 0.15) is 39.3 Å². The Labute approximate surface area is 117 Å². The van der Waals surface area contributed by atoms with Crippen LogP contribution in [0.4, 0.5) is 0 Å². The predicted molar refractivity (Wildman–Crippen MR) is 78.9 cm³/mol. The van der Waals surface area contributed by atoms with Crippen LogP contribution in [0.15, 0.2) is 12.3 Å². The van der Waals surface area contributed by atoms with E-state index < -0.39 is 0 Å². The van der Waals surface area contributed by atoms with E-state index in [9.17, 15) is 0 Å². The Kier molecular flexibility index (Phi) is 4.99. The molecule has 0 radical (unpaired) electrons. The van der Waals surface area contributed by atoms with E-state index in [4.69, 9.17) is 0 Å². The lowest BCUT2D eigenvalue weighted by atomic mass is 9.99. The second-order valence-corrected chi connectivity index (χ2v) is 5.99. The summed E-state index contributed by atoms with van der Waals surface area (Å²) in [4.78, 5) is 2.58. The minimum Gasteiger partial charge on any atom is -0.312 e.